The number of amides is 1. The number of methoxy groups -OCH3 is 1. The molecule has 0 bridgehead atoms. The largest absolute Gasteiger partial charge is 0.496 e. The second-order valence-corrected chi connectivity index (χ2v) is 11.2. The van der Waals surface area contributed by atoms with Gasteiger partial charge in [0.2, 0.25) is 0 Å². The van der Waals surface area contributed by atoms with Crippen LogP contribution in [0.5, 0.6) is 5.75 Å². The van der Waals surface area contributed by atoms with E-state index in [1.54, 1.807) is 43.5 Å². The number of cyclic esters (lactones) is 1. The molecule has 0 radical (unpaired) electrons. The van der Waals surface area contributed by atoms with Crippen molar-refractivity contribution in [3.8, 4) is 16.9 Å². The molecule has 1 fully saturated rings. The number of hydrogen-bond acceptors (Lipinski definition) is 4. The molecule has 1 saturated heterocycles. The zero-order chi connectivity index (χ0) is 28.6. The zero-order valence-corrected chi connectivity index (χ0v) is 23.0. The Kier molecular flexibility index (Phi) is 8.07. The summed E-state index contributed by atoms with van der Waals surface area (Å²) in [6.45, 7) is 5.18. The minimum Gasteiger partial charge on any atom is -0.496 e. The van der Waals surface area contributed by atoms with E-state index in [0.29, 0.717) is 27.1 Å². The Morgan fingerprint density at radius 1 is 1.08 bits per heavy atom. The predicted octanol–water partition coefficient (Wildman–Crippen LogP) is 7.46. The van der Waals surface area contributed by atoms with Gasteiger partial charge in [-0.15, -0.1) is 0 Å². The van der Waals surface area contributed by atoms with E-state index in [9.17, 15) is 26.6 Å². The standard InChI is InChI=1S/C29H29F4NO4S/c1-16(2)23-13-24(26(37-4)14-25(23)30)22-10-9-20(29(31,32)33)11-19(22)15-34-17(3)27(38-28(34)35)18-7-6-8-21(12-18)39(5)36/h6-14,16-17,27H,15H2,1-5H3/t17-,27+,39?/m0/s1. The number of ether oxygens (including phenoxy) is 2. The van der Waals surface area contributed by atoms with Crippen molar-refractivity contribution in [2.24, 2.45) is 0 Å². The summed E-state index contributed by atoms with van der Waals surface area (Å²) < 4.78 is 78.8. The van der Waals surface area contributed by atoms with Crippen LogP contribution in [0.2, 0.25) is 0 Å². The molecule has 1 heterocycles. The second kappa shape index (κ2) is 11.0. The van der Waals surface area contributed by atoms with Crippen molar-refractivity contribution in [1.82, 2.24) is 4.90 Å². The van der Waals surface area contributed by atoms with Crippen LogP contribution in [0.3, 0.4) is 0 Å². The van der Waals surface area contributed by atoms with Crippen molar-refractivity contribution in [1.29, 1.82) is 0 Å². The molecule has 0 aromatic heterocycles. The summed E-state index contributed by atoms with van der Waals surface area (Å²) in [6, 6.07) is 12.4. The van der Waals surface area contributed by atoms with E-state index in [-0.39, 0.29) is 23.8 Å². The third kappa shape index (κ3) is 5.80. The molecule has 0 N–H and O–H groups in total. The van der Waals surface area contributed by atoms with E-state index in [4.69, 9.17) is 9.47 Å². The first kappa shape index (κ1) is 28.6. The molecular weight excluding hydrogens is 534 g/mol. The molecule has 0 spiro atoms. The Morgan fingerprint density at radius 2 is 1.79 bits per heavy atom. The predicted molar refractivity (Wildman–Crippen MR) is 140 cm³/mol. The highest BCUT2D eigenvalue weighted by atomic mass is 32.2. The number of carbonyl (C=O) groups excluding carboxylic acids is 1. The number of halogens is 4. The van der Waals surface area contributed by atoms with Gasteiger partial charge in [-0.1, -0.05) is 32.0 Å². The van der Waals surface area contributed by atoms with Gasteiger partial charge in [-0.2, -0.15) is 13.2 Å². The molecule has 5 nitrogen and oxygen atoms in total. The van der Waals surface area contributed by atoms with Gasteiger partial charge in [-0.05, 0) is 65.4 Å². The van der Waals surface area contributed by atoms with Gasteiger partial charge >= 0.3 is 12.3 Å². The lowest BCUT2D eigenvalue weighted by Gasteiger charge is -2.24. The van der Waals surface area contributed by atoms with E-state index >= 15 is 0 Å². The van der Waals surface area contributed by atoms with Crippen molar-refractivity contribution < 1.29 is 36.0 Å². The van der Waals surface area contributed by atoms with Crippen molar-refractivity contribution in [3.05, 3.63) is 82.7 Å². The van der Waals surface area contributed by atoms with Crippen LogP contribution in [0.4, 0.5) is 22.4 Å². The lowest BCUT2D eigenvalue weighted by atomic mass is 9.92. The van der Waals surface area contributed by atoms with E-state index in [0.717, 1.165) is 12.1 Å². The van der Waals surface area contributed by atoms with Gasteiger partial charge in [-0.3, -0.25) is 9.11 Å². The molecule has 3 aromatic carbocycles. The van der Waals surface area contributed by atoms with Crippen molar-refractivity contribution >= 4 is 16.9 Å². The minimum absolute atomic E-state index is 0.164. The van der Waals surface area contributed by atoms with Gasteiger partial charge in [-0.25, -0.2) is 9.18 Å². The first-order valence-electron chi connectivity index (χ1n) is 12.3. The highest BCUT2D eigenvalue weighted by Crippen LogP contribution is 2.41. The molecule has 4 rings (SSSR count). The highest BCUT2D eigenvalue weighted by Gasteiger charge is 2.40. The first-order valence-corrected chi connectivity index (χ1v) is 13.9. The number of carbonyl (C=O) groups is 1. The molecule has 208 valence electrons. The average molecular weight is 564 g/mol. The Labute approximate surface area is 227 Å². The second-order valence-electron chi connectivity index (χ2n) is 9.80. The van der Waals surface area contributed by atoms with E-state index in [2.05, 4.69) is 0 Å². The molecule has 0 saturated carbocycles. The maximum atomic E-state index is 14.7. The lowest BCUT2D eigenvalue weighted by molar-refractivity contribution is -0.137. The Balaban J connectivity index is 1.79. The van der Waals surface area contributed by atoms with Gasteiger partial charge in [0, 0.05) is 33.6 Å². The third-order valence-electron chi connectivity index (χ3n) is 6.91. The average Bonchev–Trinajstić information content (AvgIpc) is 3.16. The monoisotopic (exact) mass is 563 g/mol. The number of alkyl halides is 3. The van der Waals surface area contributed by atoms with Gasteiger partial charge in [0.25, 0.3) is 0 Å². The van der Waals surface area contributed by atoms with Crippen LogP contribution in [0.25, 0.3) is 11.1 Å². The number of rotatable bonds is 7. The zero-order valence-electron chi connectivity index (χ0n) is 22.1. The summed E-state index contributed by atoms with van der Waals surface area (Å²) >= 11 is 0. The number of hydrogen-bond donors (Lipinski definition) is 0. The normalized spacial score (nSPS) is 18.4. The molecule has 10 heteroatoms. The van der Waals surface area contributed by atoms with Gasteiger partial charge < -0.3 is 9.47 Å². The Morgan fingerprint density at radius 3 is 2.41 bits per heavy atom. The topological polar surface area (TPSA) is 55.8 Å². The molecule has 39 heavy (non-hydrogen) atoms. The highest BCUT2D eigenvalue weighted by molar-refractivity contribution is 7.84. The van der Waals surface area contributed by atoms with Crippen LogP contribution in [0, 0.1) is 5.82 Å². The Bertz CT molecular complexity index is 1420. The first-order chi connectivity index (χ1) is 18.3. The summed E-state index contributed by atoms with van der Waals surface area (Å²) in [6.07, 6.45) is -4.46. The third-order valence-corrected chi connectivity index (χ3v) is 7.83. The number of nitrogens with zero attached hydrogens (tertiary/aromatic N) is 1. The van der Waals surface area contributed by atoms with Crippen molar-refractivity contribution in [2.75, 3.05) is 13.4 Å². The summed E-state index contributed by atoms with van der Waals surface area (Å²) in [5.74, 6) is -0.499. The maximum absolute atomic E-state index is 14.7. The minimum atomic E-state index is -4.61. The number of benzene rings is 3. The van der Waals surface area contributed by atoms with Crippen LogP contribution in [-0.4, -0.2) is 34.6 Å². The Hall–Kier alpha value is -3.40. The van der Waals surface area contributed by atoms with Crippen LogP contribution < -0.4 is 4.74 Å². The fourth-order valence-electron chi connectivity index (χ4n) is 4.77. The van der Waals surface area contributed by atoms with Crippen molar-refractivity contribution in [3.63, 3.8) is 0 Å². The molecule has 3 atom stereocenters. The fraction of sp³-hybridized carbons (Fsp3) is 0.345. The molecule has 0 aliphatic carbocycles. The smallest absolute Gasteiger partial charge is 0.416 e. The molecular formula is C29H29F4NO4S. The van der Waals surface area contributed by atoms with Crippen LogP contribution >= 0.6 is 0 Å². The van der Waals surface area contributed by atoms with Crippen LogP contribution in [0.15, 0.2) is 59.5 Å². The lowest BCUT2D eigenvalue weighted by Crippen LogP contribution is -2.31. The van der Waals surface area contributed by atoms with Crippen LogP contribution in [0.1, 0.15) is 55.0 Å². The molecule has 1 aliphatic rings. The van der Waals surface area contributed by atoms with E-state index in [1.165, 1.54) is 24.1 Å². The van der Waals surface area contributed by atoms with Gasteiger partial charge in [0.1, 0.15) is 17.7 Å². The quantitative estimate of drug-likeness (QED) is 0.280. The van der Waals surface area contributed by atoms with Gasteiger partial charge in [0.05, 0.1) is 25.3 Å². The maximum Gasteiger partial charge on any atom is 0.416 e. The molecule has 3 aromatic rings. The van der Waals surface area contributed by atoms with Crippen LogP contribution in [-0.2, 0) is 28.3 Å². The summed E-state index contributed by atoms with van der Waals surface area (Å²) in [5.41, 5.74) is 1.16. The summed E-state index contributed by atoms with van der Waals surface area (Å²) in [7, 11) is 0.115. The summed E-state index contributed by atoms with van der Waals surface area (Å²) in [4.78, 5) is 14.9. The van der Waals surface area contributed by atoms with Crippen molar-refractivity contribution in [2.45, 2.75) is 56.5 Å². The molecule has 1 amide bonds. The SMILES string of the molecule is COc1cc(F)c(C(C)C)cc1-c1ccc(C(F)(F)F)cc1CN1C(=O)O[C@@H](c2cccc(S(C)=O)c2)[C@@H]1C. The van der Waals surface area contributed by atoms with E-state index < -0.39 is 46.6 Å². The molecule has 1 aliphatic heterocycles. The summed E-state index contributed by atoms with van der Waals surface area (Å²) in [5, 5.41) is 0. The van der Waals surface area contributed by atoms with Gasteiger partial charge in [0.15, 0.2) is 0 Å². The van der Waals surface area contributed by atoms with E-state index in [1.807, 2.05) is 13.8 Å². The molecule has 1 unspecified atom stereocenters. The fourth-order valence-corrected chi connectivity index (χ4v) is 5.34.